The molecule has 2 atom stereocenters. The number of benzene rings is 1. The van der Waals surface area contributed by atoms with E-state index in [0.29, 0.717) is 0 Å². The first kappa shape index (κ1) is 12.6. The third-order valence-electron chi connectivity index (χ3n) is 4.02. The van der Waals surface area contributed by atoms with E-state index >= 15 is 0 Å². The molecule has 1 aliphatic carbocycles. The molecule has 2 nitrogen and oxygen atoms in total. The summed E-state index contributed by atoms with van der Waals surface area (Å²) in [5, 5.41) is 0. The van der Waals surface area contributed by atoms with Crippen LogP contribution in [0.15, 0.2) is 30.3 Å². The lowest BCUT2D eigenvalue weighted by molar-refractivity contribution is 0.226. The number of hydrogen-bond donors (Lipinski definition) is 1. The molecule has 94 valence electrons. The Balaban J connectivity index is 1.77. The summed E-state index contributed by atoms with van der Waals surface area (Å²) in [5.41, 5.74) is 7.46. The molecular formula is C15H24N2. The zero-order chi connectivity index (χ0) is 12.3. The molecule has 1 aromatic rings. The number of rotatable bonds is 6. The fourth-order valence-corrected chi connectivity index (χ4v) is 2.35. The molecule has 0 aliphatic heterocycles. The predicted molar refractivity (Wildman–Crippen MR) is 72.8 cm³/mol. The van der Waals surface area contributed by atoms with Crippen molar-refractivity contribution in [2.75, 3.05) is 13.6 Å². The van der Waals surface area contributed by atoms with Crippen molar-refractivity contribution in [2.45, 2.75) is 38.3 Å². The van der Waals surface area contributed by atoms with E-state index in [-0.39, 0.29) is 6.04 Å². The van der Waals surface area contributed by atoms with Crippen LogP contribution in [0.4, 0.5) is 0 Å². The molecule has 1 aliphatic rings. The fourth-order valence-electron chi connectivity index (χ4n) is 2.35. The van der Waals surface area contributed by atoms with Gasteiger partial charge in [-0.15, -0.1) is 0 Å². The highest BCUT2D eigenvalue weighted by atomic mass is 15.1. The van der Waals surface area contributed by atoms with E-state index in [4.69, 9.17) is 5.73 Å². The van der Waals surface area contributed by atoms with Gasteiger partial charge in [-0.05, 0) is 51.3 Å². The molecular weight excluding hydrogens is 208 g/mol. The molecule has 0 bridgehead atoms. The van der Waals surface area contributed by atoms with Crippen molar-refractivity contribution in [2.24, 2.45) is 11.7 Å². The SMILES string of the molecule is CC(C1CC1)N(C)CCC(N)c1ccccc1. The van der Waals surface area contributed by atoms with Crippen molar-refractivity contribution in [3.8, 4) is 0 Å². The Bertz CT molecular complexity index is 332. The Kier molecular flexibility index (Phi) is 4.19. The van der Waals surface area contributed by atoms with Crippen LogP contribution in [0.3, 0.4) is 0 Å². The first-order chi connectivity index (χ1) is 8.18. The van der Waals surface area contributed by atoms with Crippen LogP contribution in [-0.4, -0.2) is 24.5 Å². The Morgan fingerprint density at radius 1 is 1.29 bits per heavy atom. The third kappa shape index (κ3) is 3.55. The molecule has 0 spiro atoms. The summed E-state index contributed by atoms with van der Waals surface area (Å²) in [5.74, 6) is 0.938. The third-order valence-corrected chi connectivity index (χ3v) is 4.02. The minimum absolute atomic E-state index is 0.171. The zero-order valence-electron chi connectivity index (χ0n) is 11.0. The molecule has 0 amide bonds. The quantitative estimate of drug-likeness (QED) is 0.817. The molecule has 0 aromatic heterocycles. The van der Waals surface area contributed by atoms with Crippen LogP contribution in [0.2, 0.25) is 0 Å². The smallest absolute Gasteiger partial charge is 0.0307 e. The minimum Gasteiger partial charge on any atom is -0.324 e. The van der Waals surface area contributed by atoms with E-state index < -0.39 is 0 Å². The first-order valence-electron chi connectivity index (χ1n) is 6.69. The van der Waals surface area contributed by atoms with Gasteiger partial charge < -0.3 is 10.6 Å². The summed E-state index contributed by atoms with van der Waals surface area (Å²) in [7, 11) is 2.22. The van der Waals surface area contributed by atoms with Gasteiger partial charge in [-0.1, -0.05) is 30.3 Å². The van der Waals surface area contributed by atoms with Crippen molar-refractivity contribution < 1.29 is 0 Å². The van der Waals surface area contributed by atoms with Crippen molar-refractivity contribution in [1.82, 2.24) is 4.90 Å². The van der Waals surface area contributed by atoms with Crippen LogP contribution in [0.5, 0.6) is 0 Å². The number of hydrogen-bond acceptors (Lipinski definition) is 2. The van der Waals surface area contributed by atoms with Gasteiger partial charge in [-0.2, -0.15) is 0 Å². The summed E-state index contributed by atoms with van der Waals surface area (Å²) in [6.45, 7) is 3.43. The summed E-state index contributed by atoms with van der Waals surface area (Å²) < 4.78 is 0. The second-order valence-corrected chi connectivity index (χ2v) is 5.36. The van der Waals surface area contributed by atoms with E-state index in [1.807, 2.05) is 6.07 Å². The van der Waals surface area contributed by atoms with Crippen molar-refractivity contribution >= 4 is 0 Å². The van der Waals surface area contributed by atoms with E-state index in [9.17, 15) is 0 Å². The molecule has 0 heterocycles. The highest BCUT2D eigenvalue weighted by molar-refractivity contribution is 5.18. The van der Waals surface area contributed by atoms with Gasteiger partial charge in [0.15, 0.2) is 0 Å². The summed E-state index contributed by atoms with van der Waals surface area (Å²) in [6, 6.07) is 11.3. The Morgan fingerprint density at radius 2 is 1.94 bits per heavy atom. The lowest BCUT2D eigenvalue weighted by Gasteiger charge is -2.26. The molecule has 1 fully saturated rings. The van der Waals surface area contributed by atoms with Gasteiger partial charge in [-0.3, -0.25) is 0 Å². The molecule has 2 heteroatoms. The normalized spacial score (nSPS) is 19.3. The van der Waals surface area contributed by atoms with Crippen molar-refractivity contribution in [3.63, 3.8) is 0 Å². The fraction of sp³-hybridized carbons (Fsp3) is 0.600. The molecule has 17 heavy (non-hydrogen) atoms. The molecule has 0 radical (unpaired) electrons. The second-order valence-electron chi connectivity index (χ2n) is 5.36. The Labute approximate surface area is 105 Å². The molecule has 1 saturated carbocycles. The minimum atomic E-state index is 0.171. The van der Waals surface area contributed by atoms with E-state index in [1.165, 1.54) is 18.4 Å². The molecule has 2 rings (SSSR count). The first-order valence-corrected chi connectivity index (χ1v) is 6.69. The van der Waals surface area contributed by atoms with Crippen LogP contribution in [0, 0.1) is 5.92 Å². The van der Waals surface area contributed by atoms with E-state index in [1.54, 1.807) is 0 Å². The van der Waals surface area contributed by atoms with Gasteiger partial charge in [-0.25, -0.2) is 0 Å². The van der Waals surface area contributed by atoms with E-state index in [0.717, 1.165) is 24.9 Å². The van der Waals surface area contributed by atoms with E-state index in [2.05, 4.69) is 43.1 Å². The lowest BCUT2D eigenvalue weighted by Crippen LogP contribution is -2.33. The topological polar surface area (TPSA) is 29.3 Å². The van der Waals surface area contributed by atoms with Crippen LogP contribution < -0.4 is 5.73 Å². The number of nitrogens with two attached hydrogens (primary N) is 1. The second kappa shape index (κ2) is 5.65. The van der Waals surface area contributed by atoms with Crippen molar-refractivity contribution in [3.05, 3.63) is 35.9 Å². The molecule has 1 aromatic carbocycles. The van der Waals surface area contributed by atoms with Gasteiger partial charge in [0.25, 0.3) is 0 Å². The zero-order valence-corrected chi connectivity index (χ0v) is 11.0. The average molecular weight is 232 g/mol. The monoisotopic (exact) mass is 232 g/mol. The molecule has 0 saturated heterocycles. The predicted octanol–water partition coefficient (Wildman–Crippen LogP) is 2.81. The molecule has 2 unspecified atom stereocenters. The maximum Gasteiger partial charge on any atom is 0.0307 e. The van der Waals surface area contributed by atoms with Gasteiger partial charge in [0.1, 0.15) is 0 Å². The summed E-state index contributed by atoms with van der Waals surface area (Å²) in [6.07, 6.45) is 3.87. The molecule has 2 N–H and O–H groups in total. The summed E-state index contributed by atoms with van der Waals surface area (Å²) in [4.78, 5) is 2.46. The largest absolute Gasteiger partial charge is 0.324 e. The maximum atomic E-state index is 6.21. The average Bonchev–Trinajstić information content (AvgIpc) is 3.20. The highest BCUT2D eigenvalue weighted by Crippen LogP contribution is 2.34. The van der Waals surface area contributed by atoms with Crippen LogP contribution in [-0.2, 0) is 0 Å². The summed E-state index contributed by atoms with van der Waals surface area (Å²) >= 11 is 0. The van der Waals surface area contributed by atoms with Gasteiger partial charge in [0.05, 0.1) is 0 Å². The lowest BCUT2D eigenvalue weighted by atomic mass is 10.0. The number of nitrogens with zero attached hydrogens (tertiary/aromatic N) is 1. The van der Waals surface area contributed by atoms with Gasteiger partial charge in [0.2, 0.25) is 0 Å². The standard InChI is InChI=1S/C15H24N2/c1-12(13-8-9-13)17(2)11-10-15(16)14-6-4-3-5-7-14/h3-7,12-13,15H,8-11,16H2,1-2H3. The Hall–Kier alpha value is -0.860. The van der Waals surface area contributed by atoms with Crippen LogP contribution in [0.1, 0.15) is 37.8 Å². The van der Waals surface area contributed by atoms with Gasteiger partial charge in [0, 0.05) is 12.1 Å². The maximum absolute atomic E-state index is 6.21. The van der Waals surface area contributed by atoms with Crippen LogP contribution >= 0.6 is 0 Å². The highest BCUT2D eigenvalue weighted by Gasteiger charge is 2.30. The van der Waals surface area contributed by atoms with Crippen molar-refractivity contribution in [1.29, 1.82) is 0 Å². The van der Waals surface area contributed by atoms with Gasteiger partial charge >= 0.3 is 0 Å². The van der Waals surface area contributed by atoms with Crippen LogP contribution in [0.25, 0.3) is 0 Å². The Morgan fingerprint density at radius 3 is 2.53 bits per heavy atom.